The number of aromatic nitrogens is 1. The Morgan fingerprint density at radius 1 is 1.11 bits per heavy atom. The first kappa shape index (κ1) is 19.2. The largest absolute Gasteiger partial charge is 0.485 e. The molecule has 0 spiro atoms. The molecule has 3 rings (SSSR count). The summed E-state index contributed by atoms with van der Waals surface area (Å²) < 4.78 is 20.7. The van der Waals surface area contributed by atoms with E-state index in [1.54, 1.807) is 36.4 Å². The molecule has 0 atom stereocenters. The highest BCUT2D eigenvalue weighted by Gasteiger charge is 2.16. The number of hydrogen-bond acceptors (Lipinski definition) is 2. The summed E-state index contributed by atoms with van der Waals surface area (Å²) in [6.45, 7) is 4.60. The third kappa shape index (κ3) is 4.77. The SMILES string of the molecule is Cc1cc(C(=O)COc2cccc(Cl)c2)c(C)n1CCc1ccc(F)cc1. The fraction of sp³-hybridized carbons (Fsp3) is 0.227. The van der Waals surface area contributed by atoms with Gasteiger partial charge in [-0.1, -0.05) is 29.8 Å². The van der Waals surface area contributed by atoms with Gasteiger partial charge in [0.25, 0.3) is 0 Å². The number of Topliss-reactive ketones (excluding diaryl/α,β-unsaturated/α-hetero) is 1. The fourth-order valence-corrected chi connectivity index (χ4v) is 3.28. The lowest BCUT2D eigenvalue weighted by molar-refractivity contribution is 0.0921. The molecule has 0 bridgehead atoms. The van der Waals surface area contributed by atoms with E-state index in [0.717, 1.165) is 29.9 Å². The lowest BCUT2D eigenvalue weighted by Crippen LogP contribution is -2.13. The molecule has 1 heterocycles. The third-order valence-corrected chi connectivity index (χ3v) is 4.81. The lowest BCUT2D eigenvalue weighted by Gasteiger charge is -2.10. The zero-order chi connectivity index (χ0) is 19.4. The molecular formula is C22H21ClFNO2. The van der Waals surface area contributed by atoms with Crippen LogP contribution in [-0.4, -0.2) is 17.0 Å². The van der Waals surface area contributed by atoms with E-state index in [-0.39, 0.29) is 18.2 Å². The number of nitrogens with zero attached hydrogens (tertiary/aromatic N) is 1. The van der Waals surface area contributed by atoms with E-state index in [4.69, 9.17) is 16.3 Å². The van der Waals surface area contributed by atoms with Crippen LogP contribution >= 0.6 is 11.6 Å². The van der Waals surface area contributed by atoms with Crippen LogP contribution in [0.4, 0.5) is 4.39 Å². The second-order valence-corrected chi connectivity index (χ2v) is 6.92. The molecule has 0 radical (unpaired) electrons. The fourth-order valence-electron chi connectivity index (χ4n) is 3.10. The van der Waals surface area contributed by atoms with Gasteiger partial charge in [0.05, 0.1) is 0 Å². The summed E-state index contributed by atoms with van der Waals surface area (Å²) in [6, 6.07) is 15.4. The van der Waals surface area contributed by atoms with Crippen molar-refractivity contribution >= 4 is 17.4 Å². The molecule has 5 heteroatoms. The Balaban J connectivity index is 1.66. The van der Waals surface area contributed by atoms with E-state index in [1.807, 2.05) is 19.9 Å². The monoisotopic (exact) mass is 385 g/mol. The van der Waals surface area contributed by atoms with Gasteiger partial charge >= 0.3 is 0 Å². The topological polar surface area (TPSA) is 31.2 Å². The Morgan fingerprint density at radius 2 is 1.85 bits per heavy atom. The van der Waals surface area contributed by atoms with Gasteiger partial charge in [0.2, 0.25) is 5.78 Å². The maximum Gasteiger partial charge on any atom is 0.202 e. The molecule has 0 aliphatic heterocycles. The van der Waals surface area contributed by atoms with Crippen LogP contribution in [-0.2, 0) is 13.0 Å². The number of ether oxygens (including phenoxy) is 1. The molecule has 3 aromatic rings. The second-order valence-electron chi connectivity index (χ2n) is 6.48. The van der Waals surface area contributed by atoms with Crippen LogP contribution in [0.2, 0.25) is 5.02 Å². The van der Waals surface area contributed by atoms with Gasteiger partial charge in [0, 0.05) is 28.5 Å². The Bertz CT molecular complexity index is 947. The van der Waals surface area contributed by atoms with E-state index in [9.17, 15) is 9.18 Å². The van der Waals surface area contributed by atoms with Gasteiger partial charge in [-0.25, -0.2) is 4.39 Å². The van der Waals surface area contributed by atoms with Crippen molar-refractivity contribution < 1.29 is 13.9 Å². The zero-order valence-corrected chi connectivity index (χ0v) is 16.1. The number of carbonyl (C=O) groups excluding carboxylic acids is 1. The molecule has 3 nitrogen and oxygen atoms in total. The average Bonchev–Trinajstić information content (AvgIpc) is 2.93. The van der Waals surface area contributed by atoms with Crippen molar-refractivity contribution in [2.24, 2.45) is 0 Å². The molecule has 0 N–H and O–H groups in total. The van der Waals surface area contributed by atoms with Crippen molar-refractivity contribution in [2.45, 2.75) is 26.8 Å². The number of rotatable bonds is 7. The van der Waals surface area contributed by atoms with Gasteiger partial charge in [0.15, 0.2) is 6.61 Å². The maximum absolute atomic E-state index is 13.0. The van der Waals surface area contributed by atoms with E-state index in [1.165, 1.54) is 12.1 Å². The van der Waals surface area contributed by atoms with Gasteiger partial charge in [-0.05, 0) is 62.2 Å². The van der Waals surface area contributed by atoms with Gasteiger partial charge < -0.3 is 9.30 Å². The highest BCUT2D eigenvalue weighted by molar-refractivity contribution is 6.30. The average molecular weight is 386 g/mol. The number of hydrogen-bond donors (Lipinski definition) is 0. The standard InChI is InChI=1S/C22H21ClFNO2/c1-15-12-21(22(26)14-27-20-5-3-4-18(23)13-20)16(2)25(15)11-10-17-6-8-19(24)9-7-17/h3-9,12-13H,10-11,14H2,1-2H3. The number of carbonyl (C=O) groups is 1. The molecule has 0 unspecified atom stereocenters. The van der Waals surface area contributed by atoms with E-state index in [2.05, 4.69) is 4.57 Å². The molecule has 27 heavy (non-hydrogen) atoms. The summed E-state index contributed by atoms with van der Waals surface area (Å²) in [5.41, 5.74) is 3.64. The van der Waals surface area contributed by atoms with Crippen LogP contribution in [0.3, 0.4) is 0 Å². The van der Waals surface area contributed by atoms with Gasteiger partial charge in [-0.2, -0.15) is 0 Å². The summed E-state index contributed by atoms with van der Waals surface area (Å²) in [4.78, 5) is 12.6. The smallest absolute Gasteiger partial charge is 0.202 e. The molecule has 0 saturated carbocycles. The second kappa shape index (κ2) is 8.40. The van der Waals surface area contributed by atoms with Gasteiger partial charge in [-0.15, -0.1) is 0 Å². The molecule has 0 amide bonds. The summed E-state index contributed by atoms with van der Waals surface area (Å²) in [6.07, 6.45) is 0.767. The van der Waals surface area contributed by atoms with E-state index < -0.39 is 0 Å². The predicted molar refractivity (Wildman–Crippen MR) is 105 cm³/mol. The lowest BCUT2D eigenvalue weighted by atomic mass is 10.1. The van der Waals surface area contributed by atoms with E-state index >= 15 is 0 Å². The van der Waals surface area contributed by atoms with Crippen LogP contribution in [0.1, 0.15) is 27.3 Å². The van der Waals surface area contributed by atoms with Gasteiger partial charge in [0.1, 0.15) is 11.6 Å². The van der Waals surface area contributed by atoms with Crippen LogP contribution in [0.5, 0.6) is 5.75 Å². The maximum atomic E-state index is 13.0. The highest BCUT2D eigenvalue weighted by atomic mass is 35.5. The minimum Gasteiger partial charge on any atom is -0.485 e. The van der Waals surface area contributed by atoms with Crippen molar-refractivity contribution in [2.75, 3.05) is 6.61 Å². The minimum absolute atomic E-state index is 0.0391. The first-order chi connectivity index (χ1) is 12.9. The summed E-state index contributed by atoms with van der Waals surface area (Å²) >= 11 is 5.93. The first-order valence-electron chi connectivity index (χ1n) is 8.77. The van der Waals surface area contributed by atoms with Crippen molar-refractivity contribution in [3.8, 4) is 5.75 Å². The van der Waals surface area contributed by atoms with Crippen molar-refractivity contribution in [3.05, 3.63) is 88.0 Å². The molecule has 0 saturated heterocycles. The highest BCUT2D eigenvalue weighted by Crippen LogP contribution is 2.20. The Labute approximate surface area is 163 Å². The molecule has 0 fully saturated rings. The van der Waals surface area contributed by atoms with E-state index in [0.29, 0.717) is 16.3 Å². The van der Waals surface area contributed by atoms with Gasteiger partial charge in [-0.3, -0.25) is 4.79 Å². The zero-order valence-electron chi connectivity index (χ0n) is 15.3. The van der Waals surface area contributed by atoms with Crippen molar-refractivity contribution in [3.63, 3.8) is 0 Å². The molecule has 0 aliphatic rings. The Morgan fingerprint density at radius 3 is 2.56 bits per heavy atom. The molecule has 1 aromatic heterocycles. The number of aryl methyl sites for hydroxylation is 2. The number of halogens is 2. The van der Waals surface area contributed by atoms with Crippen LogP contribution < -0.4 is 4.74 Å². The Hall–Kier alpha value is -2.59. The predicted octanol–water partition coefficient (Wildman–Crippen LogP) is 5.40. The van der Waals surface area contributed by atoms with Crippen molar-refractivity contribution in [1.29, 1.82) is 0 Å². The van der Waals surface area contributed by atoms with Crippen LogP contribution in [0.15, 0.2) is 54.6 Å². The molecule has 140 valence electrons. The summed E-state index contributed by atoms with van der Waals surface area (Å²) in [5, 5.41) is 0.568. The normalized spacial score (nSPS) is 10.8. The number of ketones is 1. The van der Waals surface area contributed by atoms with Crippen LogP contribution in [0, 0.1) is 19.7 Å². The quantitative estimate of drug-likeness (QED) is 0.510. The number of benzene rings is 2. The van der Waals surface area contributed by atoms with Crippen LogP contribution in [0.25, 0.3) is 0 Å². The third-order valence-electron chi connectivity index (χ3n) is 4.58. The molecule has 2 aromatic carbocycles. The first-order valence-corrected chi connectivity index (χ1v) is 9.14. The molecule has 0 aliphatic carbocycles. The van der Waals surface area contributed by atoms with Crippen molar-refractivity contribution in [1.82, 2.24) is 4.57 Å². The Kier molecular flexibility index (Phi) is 5.97. The summed E-state index contributed by atoms with van der Waals surface area (Å²) in [5.74, 6) is 0.261. The molecular weight excluding hydrogens is 365 g/mol. The minimum atomic E-state index is -0.236. The summed E-state index contributed by atoms with van der Waals surface area (Å²) in [7, 11) is 0.